The highest BCUT2D eigenvalue weighted by Crippen LogP contribution is 2.34. The lowest BCUT2D eigenvalue weighted by molar-refractivity contribution is 0.0430. The third-order valence-electron chi connectivity index (χ3n) is 3.91. The van der Waals surface area contributed by atoms with Gasteiger partial charge >= 0.3 is 0 Å². The first kappa shape index (κ1) is 9.51. The molecule has 0 N–H and O–H groups in total. The third-order valence-corrected chi connectivity index (χ3v) is 3.91. The van der Waals surface area contributed by atoms with Crippen molar-refractivity contribution in [3.63, 3.8) is 0 Å². The quantitative estimate of drug-likeness (QED) is 0.647. The van der Waals surface area contributed by atoms with Gasteiger partial charge in [-0.3, -0.25) is 0 Å². The van der Waals surface area contributed by atoms with Gasteiger partial charge in [0.25, 0.3) is 0 Å². The van der Waals surface area contributed by atoms with E-state index in [1.807, 2.05) is 0 Å². The van der Waals surface area contributed by atoms with E-state index in [0.29, 0.717) is 0 Å². The fraction of sp³-hybridized carbons (Fsp3) is 1.00. The number of rotatable bonds is 3. The van der Waals surface area contributed by atoms with Crippen LogP contribution in [0.4, 0.5) is 0 Å². The topological polar surface area (TPSA) is 3.24 Å². The molecule has 0 aromatic heterocycles. The Bertz CT molecular complexity index is 133. The van der Waals surface area contributed by atoms with Crippen molar-refractivity contribution in [1.82, 2.24) is 4.90 Å². The van der Waals surface area contributed by atoms with Crippen LogP contribution in [0.5, 0.6) is 0 Å². The van der Waals surface area contributed by atoms with Gasteiger partial charge in [-0.05, 0) is 51.1 Å². The summed E-state index contributed by atoms with van der Waals surface area (Å²) in [6.45, 7) is 5.10. The summed E-state index contributed by atoms with van der Waals surface area (Å²) < 4.78 is 0. The van der Waals surface area contributed by atoms with Crippen LogP contribution >= 0.6 is 0 Å². The minimum atomic E-state index is 0.974. The average molecular weight is 181 g/mol. The van der Waals surface area contributed by atoms with Gasteiger partial charge in [-0.2, -0.15) is 0 Å². The van der Waals surface area contributed by atoms with Crippen molar-refractivity contribution >= 4 is 0 Å². The van der Waals surface area contributed by atoms with Crippen LogP contribution < -0.4 is 0 Å². The zero-order valence-corrected chi connectivity index (χ0v) is 8.97. The summed E-state index contributed by atoms with van der Waals surface area (Å²) in [5, 5.41) is 0. The molecule has 2 saturated heterocycles. The second-order valence-corrected chi connectivity index (χ2v) is 4.79. The van der Waals surface area contributed by atoms with E-state index in [1.54, 1.807) is 0 Å². The molecule has 1 unspecified atom stereocenters. The standard InChI is InChI=1S/C12H23N/c1-2-3-8-12-11-6-4-9-13(12)10-5-7-11/h11-12H,2-10H2,1H3. The van der Waals surface area contributed by atoms with E-state index in [4.69, 9.17) is 0 Å². The Morgan fingerprint density at radius 2 is 1.85 bits per heavy atom. The molecule has 0 aliphatic carbocycles. The number of unbranched alkanes of at least 4 members (excludes halogenated alkanes) is 1. The van der Waals surface area contributed by atoms with Gasteiger partial charge in [-0.25, -0.2) is 0 Å². The van der Waals surface area contributed by atoms with Crippen LogP contribution in [0.25, 0.3) is 0 Å². The number of piperidine rings is 2. The minimum Gasteiger partial charge on any atom is -0.300 e. The van der Waals surface area contributed by atoms with Crippen LogP contribution in [-0.4, -0.2) is 24.0 Å². The van der Waals surface area contributed by atoms with E-state index < -0.39 is 0 Å². The van der Waals surface area contributed by atoms with E-state index in [1.165, 1.54) is 58.0 Å². The zero-order chi connectivity index (χ0) is 9.10. The van der Waals surface area contributed by atoms with E-state index in [9.17, 15) is 0 Å². The van der Waals surface area contributed by atoms with Gasteiger partial charge in [0.1, 0.15) is 0 Å². The molecule has 0 spiro atoms. The Kier molecular flexibility index (Phi) is 3.26. The highest BCUT2D eigenvalue weighted by atomic mass is 15.2. The summed E-state index contributed by atoms with van der Waals surface area (Å²) in [5.74, 6) is 1.06. The van der Waals surface area contributed by atoms with Crippen molar-refractivity contribution in [1.29, 1.82) is 0 Å². The van der Waals surface area contributed by atoms with Gasteiger partial charge in [-0.15, -0.1) is 0 Å². The molecular formula is C12H23N. The second-order valence-electron chi connectivity index (χ2n) is 4.79. The van der Waals surface area contributed by atoms with Crippen LogP contribution in [0, 0.1) is 5.92 Å². The Balaban J connectivity index is 1.90. The van der Waals surface area contributed by atoms with Gasteiger partial charge in [-0.1, -0.05) is 19.8 Å². The molecule has 2 aliphatic heterocycles. The monoisotopic (exact) mass is 181 g/mol. The molecule has 76 valence electrons. The van der Waals surface area contributed by atoms with Crippen molar-refractivity contribution in [3.05, 3.63) is 0 Å². The van der Waals surface area contributed by atoms with Crippen LogP contribution in [0.2, 0.25) is 0 Å². The summed E-state index contributed by atoms with van der Waals surface area (Å²) in [6.07, 6.45) is 10.3. The van der Waals surface area contributed by atoms with Crippen molar-refractivity contribution in [2.45, 2.75) is 57.9 Å². The summed E-state index contributed by atoms with van der Waals surface area (Å²) in [5.41, 5.74) is 0. The summed E-state index contributed by atoms with van der Waals surface area (Å²) >= 11 is 0. The normalized spacial score (nSPS) is 39.0. The van der Waals surface area contributed by atoms with Crippen molar-refractivity contribution in [2.75, 3.05) is 13.1 Å². The lowest BCUT2D eigenvalue weighted by atomic mass is 9.80. The third kappa shape index (κ3) is 2.07. The van der Waals surface area contributed by atoms with Crippen LogP contribution in [-0.2, 0) is 0 Å². The van der Waals surface area contributed by atoms with Gasteiger partial charge < -0.3 is 4.90 Å². The molecule has 1 nitrogen and oxygen atoms in total. The number of hydrogen-bond donors (Lipinski definition) is 0. The predicted octanol–water partition coefficient (Wildman–Crippen LogP) is 3.05. The average Bonchev–Trinajstić information content (AvgIpc) is 2.14. The maximum atomic E-state index is 2.77. The SMILES string of the molecule is CCCCC1C2CCCN1CCC2. The van der Waals surface area contributed by atoms with Crippen LogP contribution in [0.3, 0.4) is 0 Å². The van der Waals surface area contributed by atoms with Crippen LogP contribution in [0.1, 0.15) is 51.9 Å². The molecule has 1 heteroatoms. The smallest absolute Gasteiger partial charge is 0.0123 e. The Morgan fingerprint density at radius 1 is 1.15 bits per heavy atom. The number of fused-ring (bicyclic) bond motifs is 2. The maximum absolute atomic E-state index is 2.77. The maximum Gasteiger partial charge on any atom is 0.0123 e. The van der Waals surface area contributed by atoms with Gasteiger partial charge in [0, 0.05) is 6.04 Å². The fourth-order valence-corrected chi connectivity index (χ4v) is 3.22. The molecule has 1 atom stereocenters. The first-order chi connectivity index (χ1) is 6.42. The molecule has 0 saturated carbocycles. The summed E-state index contributed by atoms with van der Waals surface area (Å²) in [7, 11) is 0. The highest BCUT2D eigenvalue weighted by molar-refractivity contribution is 4.87. The fourth-order valence-electron chi connectivity index (χ4n) is 3.22. The zero-order valence-electron chi connectivity index (χ0n) is 8.97. The van der Waals surface area contributed by atoms with Crippen molar-refractivity contribution in [3.8, 4) is 0 Å². The molecule has 0 aromatic carbocycles. The van der Waals surface area contributed by atoms with Crippen molar-refractivity contribution in [2.24, 2.45) is 5.92 Å². The molecule has 0 aromatic rings. The molecule has 2 aliphatic rings. The molecule has 2 fully saturated rings. The number of hydrogen-bond acceptors (Lipinski definition) is 1. The Morgan fingerprint density at radius 3 is 2.38 bits per heavy atom. The molecule has 0 radical (unpaired) electrons. The lowest BCUT2D eigenvalue weighted by Crippen LogP contribution is -2.48. The first-order valence-corrected chi connectivity index (χ1v) is 6.16. The highest BCUT2D eigenvalue weighted by Gasteiger charge is 2.33. The second kappa shape index (κ2) is 4.45. The summed E-state index contributed by atoms with van der Waals surface area (Å²) in [4.78, 5) is 2.77. The van der Waals surface area contributed by atoms with E-state index in [-0.39, 0.29) is 0 Å². The Hall–Kier alpha value is -0.0400. The van der Waals surface area contributed by atoms with E-state index in [0.717, 1.165) is 12.0 Å². The lowest BCUT2D eigenvalue weighted by Gasteiger charge is -2.45. The van der Waals surface area contributed by atoms with Crippen molar-refractivity contribution < 1.29 is 0 Å². The van der Waals surface area contributed by atoms with Crippen LogP contribution in [0.15, 0.2) is 0 Å². The molecule has 13 heavy (non-hydrogen) atoms. The number of nitrogens with zero attached hydrogens (tertiary/aromatic N) is 1. The molecule has 2 rings (SSSR count). The predicted molar refractivity (Wildman–Crippen MR) is 56.8 cm³/mol. The minimum absolute atomic E-state index is 0.974. The van der Waals surface area contributed by atoms with E-state index in [2.05, 4.69) is 11.8 Å². The largest absolute Gasteiger partial charge is 0.300 e. The van der Waals surface area contributed by atoms with Gasteiger partial charge in [0.2, 0.25) is 0 Å². The molecular weight excluding hydrogens is 158 g/mol. The van der Waals surface area contributed by atoms with Gasteiger partial charge in [0.15, 0.2) is 0 Å². The molecule has 2 heterocycles. The molecule has 2 bridgehead atoms. The first-order valence-electron chi connectivity index (χ1n) is 6.16. The van der Waals surface area contributed by atoms with E-state index >= 15 is 0 Å². The summed E-state index contributed by atoms with van der Waals surface area (Å²) in [6, 6.07) is 0.974. The van der Waals surface area contributed by atoms with Gasteiger partial charge in [0.05, 0.1) is 0 Å². The molecule has 0 amide bonds. The Labute approximate surface area is 82.5 Å².